The largest absolute Gasteiger partial charge is 0.481 e. The molecular weight excluding hydrogens is 883 g/mol. The molecule has 8 N–H and O–H groups in total. The number of amides is 2. The van der Waals surface area contributed by atoms with Crippen LogP contribution in [0.2, 0.25) is 0 Å². The number of carbonyl (C=O) groups is 7. The molecule has 1 aliphatic rings. The Bertz CT molecular complexity index is 2140. The Morgan fingerprint density at radius 1 is 0.877 bits per heavy atom. The average Bonchev–Trinajstić information content (AvgIpc) is 3.67. The van der Waals surface area contributed by atoms with Crippen molar-refractivity contribution in [3.05, 3.63) is 63.6 Å². The van der Waals surface area contributed by atoms with Gasteiger partial charge in [-0.1, -0.05) is 19.1 Å². The summed E-state index contributed by atoms with van der Waals surface area (Å²) >= 11 is 3.26. The topological polar surface area (TPSA) is 286 Å². The number of aryl methyl sites for hydroxylation is 2. The summed E-state index contributed by atoms with van der Waals surface area (Å²) in [6.07, 6.45) is 5.10. The molecule has 0 spiro atoms. The number of hydrogen-bond donors (Lipinski definition) is 7. The van der Waals surface area contributed by atoms with Crippen molar-refractivity contribution in [3.8, 4) is 0 Å². The Hall–Kier alpha value is -5.18. The highest BCUT2D eigenvalue weighted by atomic mass is 32.2. The lowest BCUT2D eigenvalue weighted by Gasteiger charge is -2.36. The van der Waals surface area contributed by atoms with Crippen molar-refractivity contribution in [1.29, 1.82) is 0 Å². The van der Waals surface area contributed by atoms with E-state index in [0.29, 0.717) is 41.7 Å². The van der Waals surface area contributed by atoms with Crippen LogP contribution >= 0.6 is 23.5 Å². The van der Waals surface area contributed by atoms with Gasteiger partial charge in [-0.3, -0.25) is 33.6 Å². The third-order valence-electron chi connectivity index (χ3n) is 10.9. The number of hydrogen-bond acceptors (Lipinski definition) is 14. The smallest absolute Gasteiger partial charge is 0.328 e. The zero-order valence-electron chi connectivity index (χ0n) is 36.9. The number of esters is 1. The summed E-state index contributed by atoms with van der Waals surface area (Å²) in [5.41, 5.74) is 8.05. The highest BCUT2D eigenvalue weighted by Crippen LogP contribution is 2.42. The summed E-state index contributed by atoms with van der Waals surface area (Å²) in [6, 6.07) is 7.10. The van der Waals surface area contributed by atoms with E-state index in [9.17, 15) is 48.6 Å². The number of thioether (sulfide) groups is 2. The number of aliphatic carboxylic acids is 2. The molecule has 2 aromatic heterocycles. The molecule has 0 aliphatic heterocycles. The number of fused-ring (bicyclic) bond motifs is 1. The molecule has 2 heterocycles. The van der Waals surface area contributed by atoms with Gasteiger partial charge < -0.3 is 50.8 Å². The van der Waals surface area contributed by atoms with Gasteiger partial charge in [0.05, 0.1) is 49.2 Å². The van der Waals surface area contributed by atoms with Crippen molar-refractivity contribution in [2.45, 2.75) is 94.6 Å². The number of aromatic amines is 2. The summed E-state index contributed by atoms with van der Waals surface area (Å²) in [4.78, 5) is 104. The van der Waals surface area contributed by atoms with E-state index in [1.54, 1.807) is 60.1 Å². The number of carboxylic acids is 2. The second kappa shape index (κ2) is 27.3. The minimum atomic E-state index is -1.25. The van der Waals surface area contributed by atoms with Crippen molar-refractivity contribution in [2.75, 3.05) is 56.8 Å². The monoisotopic (exact) mass is 943 g/mol. The molecule has 20 heteroatoms. The van der Waals surface area contributed by atoms with Crippen molar-refractivity contribution >= 4 is 81.5 Å². The lowest BCUT2D eigenvalue weighted by molar-refractivity contribution is -0.148. The summed E-state index contributed by atoms with van der Waals surface area (Å²) in [7, 11) is 0. The Labute approximate surface area is 385 Å². The van der Waals surface area contributed by atoms with E-state index in [4.69, 9.17) is 19.9 Å². The number of nitrogens with one attached hydrogen (secondary N) is 4. The maximum atomic E-state index is 13.3. The third kappa shape index (κ3) is 18.0. The van der Waals surface area contributed by atoms with E-state index in [1.807, 2.05) is 6.92 Å². The minimum absolute atomic E-state index is 0.00546. The van der Waals surface area contributed by atoms with Crippen LogP contribution in [0.1, 0.15) is 86.7 Å². The number of aromatic nitrogens is 2. The average molecular weight is 944 g/mol. The van der Waals surface area contributed by atoms with Crippen LogP contribution in [0, 0.1) is 11.8 Å². The number of nitrogens with two attached hydrogens (primary N) is 1. The number of ether oxygens (including phenoxy) is 3. The zero-order valence-corrected chi connectivity index (χ0v) is 38.5. The first kappa shape index (κ1) is 52.4. The molecule has 1 fully saturated rings. The molecule has 1 saturated carbocycles. The van der Waals surface area contributed by atoms with Gasteiger partial charge in [0.15, 0.2) is 0 Å². The van der Waals surface area contributed by atoms with Gasteiger partial charge in [-0.05, 0) is 68.7 Å². The van der Waals surface area contributed by atoms with Crippen LogP contribution in [-0.4, -0.2) is 129 Å². The van der Waals surface area contributed by atoms with Crippen LogP contribution in [0.25, 0.3) is 10.9 Å². The Balaban J connectivity index is 1.20. The molecule has 4 rings (SSSR count). The number of benzene rings is 1. The molecule has 3 aromatic rings. The fraction of sp³-hybridized carbons (Fsp3) is 0.556. The number of H-pyrrole nitrogens is 2. The van der Waals surface area contributed by atoms with E-state index in [-0.39, 0.29) is 110 Å². The number of pyridine rings is 1. The lowest BCUT2D eigenvalue weighted by atomic mass is 9.99. The van der Waals surface area contributed by atoms with E-state index >= 15 is 0 Å². The number of Topliss-reactive ketones (excluding diaryl/α,β-unsaturated/α-hetero) is 2. The van der Waals surface area contributed by atoms with E-state index < -0.39 is 48.1 Å². The quantitative estimate of drug-likeness (QED) is 0.0345. The number of anilines is 1. The Kier molecular flexibility index (Phi) is 22.1. The molecule has 0 bridgehead atoms. The second-order valence-electron chi connectivity index (χ2n) is 15.9. The molecule has 1 aromatic carbocycles. The third-order valence-corrected chi connectivity index (χ3v) is 14.3. The van der Waals surface area contributed by atoms with E-state index in [2.05, 4.69) is 20.6 Å². The molecule has 5 atom stereocenters. The summed E-state index contributed by atoms with van der Waals surface area (Å²) in [6.45, 7) is 3.61. The van der Waals surface area contributed by atoms with Gasteiger partial charge >= 0.3 is 17.9 Å². The number of carbonyl (C=O) groups excluding carboxylic acids is 5. The van der Waals surface area contributed by atoms with Gasteiger partial charge in [0.1, 0.15) is 30.0 Å². The van der Waals surface area contributed by atoms with Crippen LogP contribution in [0.4, 0.5) is 5.82 Å². The fourth-order valence-corrected chi connectivity index (χ4v) is 10.3. The molecule has 1 aliphatic carbocycles. The highest BCUT2D eigenvalue weighted by molar-refractivity contribution is 8.04. The molecule has 356 valence electrons. The molecular formula is C45H61N5O13S2. The molecule has 0 saturated heterocycles. The maximum absolute atomic E-state index is 13.3. The lowest BCUT2D eigenvalue weighted by Crippen LogP contribution is -2.42. The summed E-state index contributed by atoms with van der Waals surface area (Å²) in [5, 5.41) is 25.1. The predicted octanol–water partition coefficient (Wildman–Crippen LogP) is 3.93. The van der Waals surface area contributed by atoms with Crippen LogP contribution in [0.3, 0.4) is 0 Å². The molecule has 0 radical (unpaired) electrons. The first-order valence-electron chi connectivity index (χ1n) is 21.8. The molecule has 65 heavy (non-hydrogen) atoms. The molecule has 4 unspecified atom stereocenters. The van der Waals surface area contributed by atoms with Gasteiger partial charge in [-0.15, -0.1) is 0 Å². The Morgan fingerprint density at radius 3 is 2.20 bits per heavy atom. The van der Waals surface area contributed by atoms with Gasteiger partial charge in [0.25, 0.3) is 11.5 Å². The van der Waals surface area contributed by atoms with E-state index in [0.717, 1.165) is 24.0 Å². The highest BCUT2D eigenvalue weighted by Gasteiger charge is 2.34. The standard InChI is InChI=1S/C45H61N5O13S2/c1-3-29(44(58)59)25-64-36-11-12-37(36)65-26-32(22-33(52)15-18-61-17-14-27(2)51)41(55)47-16-19-62-20-21-63-45(60)34(10-13-39(53)54)49-42(56)30-7-4-28(5-8-30)6-9-31-24-48-35-23-38(46)50-43(57)40(31)35/h4-5,7-8,23-24,29,32,34,36-37,48H,3,6,9-22,25-26H2,1-2H3,(H,47,55)(H,49,56)(H,53,54)(H,58,59)(H3,46,50,57)/t29?,32?,34-,36?,37?/m1/s1. The first-order valence-corrected chi connectivity index (χ1v) is 23.9. The van der Waals surface area contributed by atoms with Crippen molar-refractivity contribution < 1.29 is 58.0 Å². The predicted molar refractivity (Wildman–Crippen MR) is 247 cm³/mol. The number of rotatable bonds is 32. The Morgan fingerprint density at radius 2 is 1.55 bits per heavy atom. The maximum Gasteiger partial charge on any atom is 0.328 e. The molecule has 2 amide bonds. The fourth-order valence-electron chi connectivity index (χ4n) is 6.87. The van der Waals surface area contributed by atoms with Gasteiger partial charge in [-0.25, -0.2) is 4.79 Å². The SMILES string of the molecule is CCC(CSC1CCC1SCC(CC(=O)CCOCCC(C)=O)C(=O)NCCOCCOC(=O)[C@@H](CCC(=O)O)NC(=O)c1ccc(CCc2c[nH]c3cc(N)[nH]c(=O)c23)cc1)C(=O)O. The van der Waals surface area contributed by atoms with Crippen molar-refractivity contribution in [1.82, 2.24) is 20.6 Å². The van der Waals surface area contributed by atoms with Gasteiger partial charge in [0.2, 0.25) is 5.91 Å². The number of nitrogen functional groups attached to an aromatic ring is 1. The first-order chi connectivity index (χ1) is 31.1. The zero-order chi connectivity index (χ0) is 47.3. The van der Waals surface area contributed by atoms with Crippen molar-refractivity contribution in [3.63, 3.8) is 0 Å². The summed E-state index contributed by atoms with van der Waals surface area (Å²) in [5.74, 6) is -3.72. The van der Waals surface area contributed by atoms with Gasteiger partial charge in [-0.2, -0.15) is 23.5 Å². The van der Waals surface area contributed by atoms with Crippen LogP contribution in [-0.2, 0) is 55.8 Å². The number of ketones is 2. The second-order valence-corrected chi connectivity index (χ2v) is 18.4. The minimum Gasteiger partial charge on any atom is -0.481 e. The molecule has 18 nitrogen and oxygen atoms in total. The van der Waals surface area contributed by atoms with Crippen LogP contribution in [0.5, 0.6) is 0 Å². The normalized spacial score (nSPS) is 15.9. The number of carboxylic acid groups (broad SMARTS) is 2. The van der Waals surface area contributed by atoms with Gasteiger partial charge in [0, 0.05) is 72.1 Å². The van der Waals surface area contributed by atoms with Crippen molar-refractivity contribution in [2.24, 2.45) is 11.8 Å². The van der Waals surface area contributed by atoms with Crippen LogP contribution in [0.15, 0.2) is 41.3 Å². The van der Waals surface area contributed by atoms with E-state index in [1.165, 1.54) is 6.92 Å². The van der Waals surface area contributed by atoms with Crippen LogP contribution < -0.4 is 21.9 Å². The summed E-state index contributed by atoms with van der Waals surface area (Å²) < 4.78 is 16.3.